The molecule has 0 aliphatic carbocycles. The molecule has 1 aromatic rings. The molecule has 1 saturated heterocycles. The van der Waals surface area contributed by atoms with E-state index in [-0.39, 0.29) is 0 Å². The quantitative estimate of drug-likeness (QED) is 0.689. The predicted molar refractivity (Wildman–Crippen MR) is 88.4 cm³/mol. The maximum atomic E-state index is 2.67. The summed E-state index contributed by atoms with van der Waals surface area (Å²) in [7, 11) is 0. The summed E-state index contributed by atoms with van der Waals surface area (Å²) in [6.07, 6.45) is 6.91. The molecule has 1 aliphatic rings. The zero-order valence-corrected chi connectivity index (χ0v) is 13.2. The van der Waals surface area contributed by atoms with E-state index < -0.39 is 0 Å². The van der Waals surface area contributed by atoms with Gasteiger partial charge in [0.25, 0.3) is 0 Å². The van der Waals surface area contributed by atoms with Crippen LogP contribution in [0.2, 0.25) is 0 Å². The van der Waals surface area contributed by atoms with E-state index in [0.29, 0.717) is 0 Å². The largest absolute Gasteiger partial charge is 0.369 e. The van der Waals surface area contributed by atoms with Gasteiger partial charge < -0.3 is 4.90 Å². The molecule has 0 aromatic heterocycles. The molecule has 2 heteroatoms. The molecule has 1 heterocycles. The number of anilines is 1. The number of unbranched alkanes of at least 4 members (excludes halogenated alkanes) is 3. The normalized spacial score (nSPS) is 18.2. The summed E-state index contributed by atoms with van der Waals surface area (Å²) < 4.78 is 0. The Labute approximate surface area is 124 Å². The lowest BCUT2D eigenvalue weighted by atomic mass is 10.1. The molecule has 2 nitrogen and oxygen atoms in total. The molecule has 2 rings (SSSR count). The zero-order chi connectivity index (χ0) is 14.2. The highest BCUT2D eigenvalue weighted by atomic mass is 15.3. The van der Waals surface area contributed by atoms with Crippen LogP contribution in [0.3, 0.4) is 0 Å². The van der Waals surface area contributed by atoms with Crippen molar-refractivity contribution in [3.8, 4) is 0 Å². The van der Waals surface area contributed by atoms with Crippen LogP contribution in [0.1, 0.15) is 46.0 Å². The molecule has 1 aliphatic heterocycles. The first-order valence-corrected chi connectivity index (χ1v) is 8.35. The van der Waals surface area contributed by atoms with Crippen LogP contribution < -0.4 is 4.90 Å². The molecule has 0 saturated carbocycles. The van der Waals surface area contributed by atoms with Crippen molar-refractivity contribution >= 4 is 5.69 Å². The van der Waals surface area contributed by atoms with Gasteiger partial charge in [-0.15, -0.1) is 0 Å². The number of para-hydroxylation sites is 1. The molecule has 0 radical (unpaired) electrons. The lowest BCUT2D eigenvalue weighted by Gasteiger charge is -2.39. The van der Waals surface area contributed by atoms with E-state index in [9.17, 15) is 0 Å². The van der Waals surface area contributed by atoms with Crippen molar-refractivity contribution in [3.63, 3.8) is 0 Å². The topological polar surface area (TPSA) is 6.48 Å². The first-order chi connectivity index (χ1) is 9.81. The summed E-state index contributed by atoms with van der Waals surface area (Å²) in [5.74, 6) is 0. The van der Waals surface area contributed by atoms with Crippen LogP contribution in [-0.2, 0) is 0 Å². The fourth-order valence-electron chi connectivity index (χ4n) is 3.11. The Morgan fingerprint density at radius 3 is 2.30 bits per heavy atom. The smallest absolute Gasteiger partial charge is 0.0367 e. The van der Waals surface area contributed by atoms with Crippen LogP contribution in [0.25, 0.3) is 0 Å². The van der Waals surface area contributed by atoms with E-state index >= 15 is 0 Å². The molecule has 1 atom stereocenters. The molecule has 1 aromatic carbocycles. The third-order valence-electron chi connectivity index (χ3n) is 4.53. The number of rotatable bonds is 7. The van der Waals surface area contributed by atoms with Crippen LogP contribution in [0, 0.1) is 0 Å². The number of hydrogen-bond donors (Lipinski definition) is 0. The molecular formula is C18H30N2. The summed E-state index contributed by atoms with van der Waals surface area (Å²) in [4.78, 5) is 5.19. The Bertz CT molecular complexity index is 355. The predicted octanol–water partition coefficient (Wildman–Crippen LogP) is 4.17. The van der Waals surface area contributed by atoms with Crippen LogP contribution in [-0.4, -0.2) is 37.1 Å². The summed E-state index contributed by atoms with van der Waals surface area (Å²) in [5, 5.41) is 0. The SMILES string of the molecule is CCCCCCC(C)N1CCN(c2ccccc2)CC1. The molecule has 20 heavy (non-hydrogen) atoms. The van der Waals surface area contributed by atoms with Crippen LogP contribution in [0.15, 0.2) is 30.3 Å². The standard InChI is InChI=1S/C18H30N2/c1-3-4-5-7-10-17(2)19-13-15-20(16-14-19)18-11-8-6-9-12-18/h6,8-9,11-12,17H,3-5,7,10,13-16H2,1-2H3. The Morgan fingerprint density at radius 1 is 0.950 bits per heavy atom. The zero-order valence-electron chi connectivity index (χ0n) is 13.2. The molecule has 0 bridgehead atoms. The van der Waals surface area contributed by atoms with Crippen molar-refractivity contribution in [2.45, 2.75) is 52.0 Å². The maximum Gasteiger partial charge on any atom is 0.0367 e. The summed E-state index contributed by atoms with van der Waals surface area (Å²) in [5.41, 5.74) is 1.38. The second-order valence-corrected chi connectivity index (χ2v) is 6.06. The highest BCUT2D eigenvalue weighted by molar-refractivity contribution is 5.46. The van der Waals surface area contributed by atoms with E-state index in [4.69, 9.17) is 0 Å². The fraction of sp³-hybridized carbons (Fsp3) is 0.667. The Kier molecular flexibility index (Phi) is 6.38. The molecule has 1 unspecified atom stereocenters. The number of benzene rings is 1. The van der Waals surface area contributed by atoms with E-state index in [2.05, 4.69) is 54.0 Å². The van der Waals surface area contributed by atoms with Crippen LogP contribution in [0.5, 0.6) is 0 Å². The monoisotopic (exact) mass is 274 g/mol. The van der Waals surface area contributed by atoms with Gasteiger partial charge in [-0.1, -0.05) is 50.8 Å². The number of nitrogens with zero attached hydrogens (tertiary/aromatic N) is 2. The highest BCUT2D eigenvalue weighted by Gasteiger charge is 2.20. The van der Waals surface area contributed by atoms with Gasteiger partial charge in [-0.25, -0.2) is 0 Å². The fourth-order valence-corrected chi connectivity index (χ4v) is 3.11. The number of piperazine rings is 1. The Balaban J connectivity index is 1.71. The van der Waals surface area contributed by atoms with E-state index in [1.54, 1.807) is 0 Å². The number of hydrogen-bond acceptors (Lipinski definition) is 2. The van der Waals surface area contributed by atoms with Gasteiger partial charge in [-0.05, 0) is 25.5 Å². The van der Waals surface area contributed by atoms with E-state index in [0.717, 1.165) is 6.04 Å². The Morgan fingerprint density at radius 2 is 1.65 bits per heavy atom. The van der Waals surface area contributed by atoms with Gasteiger partial charge in [-0.2, -0.15) is 0 Å². The van der Waals surface area contributed by atoms with Crippen molar-refractivity contribution in [2.75, 3.05) is 31.1 Å². The van der Waals surface area contributed by atoms with Gasteiger partial charge in [0.1, 0.15) is 0 Å². The average molecular weight is 274 g/mol. The lowest BCUT2D eigenvalue weighted by Crippen LogP contribution is -2.49. The second-order valence-electron chi connectivity index (χ2n) is 6.06. The van der Waals surface area contributed by atoms with E-state index in [1.165, 1.54) is 64.0 Å². The van der Waals surface area contributed by atoms with Crippen molar-refractivity contribution in [1.82, 2.24) is 4.90 Å². The molecule has 0 amide bonds. The van der Waals surface area contributed by atoms with Gasteiger partial charge in [-0.3, -0.25) is 4.90 Å². The average Bonchev–Trinajstić information content (AvgIpc) is 2.52. The summed E-state index contributed by atoms with van der Waals surface area (Å²) in [6, 6.07) is 11.6. The van der Waals surface area contributed by atoms with Gasteiger partial charge in [0.15, 0.2) is 0 Å². The van der Waals surface area contributed by atoms with E-state index in [1.807, 2.05) is 0 Å². The van der Waals surface area contributed by atoms with Gasteiger partial charge in [0.2, 0.25) is 0 Å². The first-order valence-electron chi connectivity index (χ1n) is 8.35. The highest BCUT2D eigenvalue weighted by Crippen LogP contribution is 2.18. The van der Waals surface area contributed by atoms with Gasteiger partial charge >= 0.3 is 0 Å². The van der Waals surface area contributed by atoms with Gasteiger partial charge in [0.05, 0.1) is 0 Å². The minimum Gasteiger partial charge on any atom is -0.369 e. The summed E-state index contributed by atoms with van der Waals surface area (Å²) in [6.45, 7) is 9.46. The third-order valence-corrected chi connectivity index (χ3v) is 4.53. The minimum absolute atomic E-state index is 0.754. The van der Waals surface area contributed by atoms with Crippen molar-refractivity contribution in [3.05, 3.63) is 30.3 Å². The third kappa shape index (κ3) is 4.52. The maximum absolute atomic E-state index is 2.67. The summed E-state index contributed by atoms with van der Waals surface area (Å²) >= 11 is 0. The molecule has 0 N–H and O–H groups in total. The molecule has 112 valence electrons. The molecular weight excluding hydrogens is 244 g/mol. The van der Waals surface area contributed by atoms with Crippen molar-refractivity contribution < 1.29 is 0 Å². The molecule has 1 fully saturated rings. The van der Waals surface area contributed by atoms with Crippen LogP contribution in [0.4, 0.5) is 5.69 Å². The second kappa shape index (κ2) is 8.31. The van der Waals surface area contributed by atoms with Gasteiger partial charge in [0, 0.05) is 37.9 Å². The molecule has 0 spiro atoms. The Hall–Kier alpha value is -1.02. The van der Waals surface area contributed by atoms with Crippen molar-refractivity contribution in [1.29, 1.82) is 0 Å². The van der Waals surface area contributed by atoms with Crippen molar-refractivity contribution in [2.24, 2.45) is 0 Å². The minimum atomic E-state index is 0.754. The van der Waals surface area contributed by atoms with Crippen LogP contribution >= 0.6 is 0 Å². The lowest BCUT2D eigenvalue weighted by molar-refractivity contribution is 0.185. The first kappa shape index (κ1) is 15.4.